The summed E-state index contributed by atoms with van der Waals surface area (Å²) in [6.07, 6.45) is 2.55. The van der Waals surface area contributed by atoms with Crippen LogP contribution in [-0.2, 0) is 22.0 Å². The Morgan fingerprint density at radius 1 is 1.18 bits per heavy atom. The van der Waals surface area contributed by atoms with E-state index in [9.17, 15) is 8.42 Å². The quantitative estimate of drug-likeness (QED) is 0.869. The van der Waals surface area contributed by atoms with Crippen molar-refractivity contribution in [2.24, 2.45) is 0 Å². The lowest BCUT2D eigenvalue weighted by atomic mass is 9.91. The van der Waals surface area contributed by atoms with Crippen LogP contribution < -0.4 is 4.74 Å². The van der Waals surface area contributed by atoms with Gasteiger partial charge in [0, 0.05) is 6.07 Å². The van der Waals surface area contributed by atoms with E-state index in [2.05, 4.69) is 4.98 Å². The minimum atomic E-state index is -3.29. The average molecular weight is 317 g/mol. The van der Waals surface area contributed by atoms with Gasteiger partial charge in [0.25, 0.3) is 0 Å². The number of nitrogens with zero attached hydrogens (tertiary/aromatic N) is 1. The summed E-state index contributed by atoms with van der Waals surface area (Å²) < 4.78 is 30.7. The Bertz CT molecular complexity index is 771. The molecule has 1 aromatic carbocycles. The van der Waals surface area contributed by atoms with E-state index in [0.717, 1.165) is 24.0 Å². The predicted molar refractivity (Wildman–Crippen MR) is 85.5 cm³/mol. The molecule has 0 aliphatic heterocycles. The molecule has 0 amide bonds. The molecule has 0 bridgehead atoms. The fourth-order valence-corrected chi connectivity index (χ4v) is 4.96. The van der Waals surface area contributed by atoms with Gasteiger partial charge in [-0.3, -0.25) is 0 Å². The first kappa shape index (κ1) is 15.0. The highest BCUT2D eigenvalue weighted by Crippen LogP contribution is 2.36. The Hall–Kier alpha value is -1.88. The lowest BCUT2D eigenvalue weighted by molar-refractivity contribution is 0.396. The van der Waals surface area contributed by atoms with Crippen LogP contribution in [0.4, 0.5) is 0 Å². The van der Waals surface area contributed by atoms with Gasteiger partial charge >= 0.3 is 0 Å². The molecule has 4 nitrogen and oxygen atoms in total. The molecule has 0 fully saturated rings. The van der Waals surface area contributed by atoms with Crippen LogP contribution in [0.5, 0.6) is 5.88 Å². The molecular weight excluding hydrogens is 298 g/mol. The maximum absolute atomic E-state index is 12.8. The Balaban J connectivity index is 1.90. The highest BCUT2D eigenvalue weighted by atomic mass is 32.2. The normalized spacial score (nSPS) is 17.8. The van der Waals surface area contributed by atoms with Crippen LogP contribution in [0.2, 0.25) is 0 Å². The van der Waals surface area contributed by atoms with Gasteiger partial charge < -0.3 is 4.74 Å². The van der Waals surface area contributed by atoms with Crippen molar-refractivity contribution in [2.45, 2.75) is 30.3 Å². The summed E-state index contributed by atoms with van der Waals surface area (Å²) in [6.45, 7) is 0. The average Bonchev–Trinajstić information content (AvgIpc) is 2.54. The molecular formula is C17H19NO3S. The SMILES string of the molecule is COc1cccc(CS(=O)(=O)[C@@H]2CCCc3ccccc32)n1. The summed E-state index contributed by atoms with van der Waals surface area (Å²) >= 11 is 0. The van der Waals surface area contributed by atoms with Gasteiger partial charge in [-0.25, -0.2) is 13.4 Å². The molecule has 0 radical (unpaired) electrons. The van der Waals surface area contributed by atoms with Crippen molar-refractivity contribution >= 4 is 9.84 Å². The number of fused-ring (bicyclic) bond motifs is 1. The molecule has 1 aliphatic carbocycles. The number of aryl methyl sites for hydroxylation is 1. The number of hydrogen-bond acceptors (Lipinski definition) is 4. The Morgan fingerprint density at radius 2 is 2.00 bits per heavy atom. The number of ether oxygens (including phenoxy) is 1. The number of pyridine rings is 1. The van der Waals surface area contributed by atoms with Crippen molar-refractivity contribution in [2.75, 3.05) is 7.11 Å². The highest BCUT2D eigenvalue weighted by molar-refractivity contribution is 7.90. The summed E-state index contributed by atoms with van der Waals surface area (Å²) in [7, 11) is -1.77. The standard InChI is InChI=1S/C17H19NO3S/c1-21-17-11-5-8-14(18-17)12-22(19,20)16-10-4-7-13-6-2-3-9-15(13)16/h2-3,5-6,8-9,11,16H,4,7,10,12H2,1H3/t16-/m1/s1. The Labute approximate surface area is 131 Å². The maximum atomic E-state index is 12.8. The largest absolute Gasteiger partial charge is 0.481 e. The van der Waals surface area contributed by atoms with Crippen LogP contribution >= 0.6 is 0 Å². The van der Waals surface area contributed by atoms with Crippen LogP contribution in [0.25, 0.3) is 0 Å². The number of hydrogen-bond donors (Lipinski definition) is 0. The molecule has 0 saturated carbocycles. The number of rotatable bonds is 4. The Kier molecular flexibility index (Phi) is 4.16. The fraction of sp³-hybridized carbons (Fsp3) is 0.353. The lowest BCUT2D eigenvalue weighted by Crippen LogP contribution is -2.20. The topological polar surface area (TPSA) is 56.3 Å². The molecule has 0 N–H and O–H groups in total. The minimum Gasteiger partial charge on any atom is -0.481 e. The first-order valence-electron chi connectivity index (χ1n) is 7.39. The lowest BCUT2D eigenvalue weighted by Gasteiger charge is -2.25. The van der Waals surface area contributed by atoms with Gasteiger partial charge in [0.05, 0.1) is 23.8 Å². The van der Waals surface area contributed by atoms with Crippen LogP contribution in [0.3, 0.4) is 0 Å². The predicted octanol–water partition coefficient (Wildman–Crippen LogP) is 3.08. The monoisotopic (exact) mass is 317 g/mol. The third-order valence-corrected chi connectivity index (χ3v) is 6.14. The molecule has 3 rings (SSSR count). The molecule has 1 atom stereocenters. The van der Waals surface area contributed by atoms with Gasteiger partial charge in [-0.2, -0.15) is 0 Å². The van der Waals surface area contributed by atoms with E-state index in [-0.39, 0.29) is 5.75 Å². The molecule has 1 aliphatic rings. The summed E-state index contributed by atoms with van der Waals surface area (Å²) in [4.78, 5) is 4.23. The van der Waals surface area contributed by atoms with Gasteiger partial charge in [-0.05, 0) is 36.5 Å². The zero-order chi connectivity index (χ0) is 15.6. The third-order valence-electron chi connectivity index (χ3n) is 4.09. The van der Waals surface area contributed by atoms with Crippen molar-refractivity contribution in [3.63, 3.8) is 0 Å². The van der Waals surface area contributed by atoms with Crippen LogP contribution in [0, 0.1) is 0 Å². The molecule has 5 heteroatoms. The van der Waals surface area contributed by atoms with Crippen molar-refractivity contribution in [1.29, 1.82) is 0 Å². The molecule has 1 heterocycles. The zero-order valence-corrected chi connectivity index (χ0v) is 13.3. The number of sulfone groups is 1. The van der Waals surface area contributed by atoms with E-state index in [4.69, 9.17) is 4.74 Å². The van der Waals surface area contributed by atoms with Crippen molar-refractivity contribution in [3.8, 4) is 5.88 Å². The second-order valence-corrected chi connectivity index (χ2v) is 7.74. The first-order chi connectivity index (χ1) is 10.6. The van der Waals surface area contributed by atoms with E-state index in [1.165, 1.54) is 7.11 Å². The molecule has 1 aromatic heterocycles. The summed E-state index contributed by atoms with van der Waals surface area (Å²) in [5.74, 6) is 0.389. The first-order valence-corrected chi connectivity index (χ1v) is 9.11. The van der Waals surface area contributed by atoms with Crippen LogP contribution in [-0.4, -0.2) is 20.5 Å². The van der Waals surface area contributed by atoms with Crippen molar-refractivity contribution in [3.05, 3.63) is 59.3 Å². The number of methoxy groups -OCH3 is 1. The van der Waals surface area contributed by atoms with Gasteiger partial charge in [-0.1, -0.05) is 30.3 Å². The van der Waals surface area contributed by atoms with Gasteiger partial charge in [-0.15, -0.1) is 0 Å². The molecule has 22 heavy (non-hydrogen) atoms. The van der Waals surface area contributed by atoms with E-state index >= 15 is 0 Å². The van der Waals surface area contributed by atoms with Gasteiger partial charge in [0.15, 0.2) is 9.84 Å². The smallest absolute Gasteiger partial charge is 0.213 e. The summed E-state index contributed by atoms with van der Waals surface area (Å²) in [5.41, 5.74) is 2.64. The minimum absolute atomic E-state index is 0.0524. The Morgan fingerprint density at radius 3 is 2.82 bits per heavy atom. The number of benzene rings is 1. The summed E-state index contributed by atoms with van der Waals surface area (Å²) in [6, 6.07) is 13.1. The molecule has 0 spiro atoms. The third kappa shape index (κ3) is 2.99. The van der Waals surface area contributed by atoms with Crippen molar-refractivity contribution in [1.82, 2.24) is 4.98 Å². The number of aromatic nitrogens is 1. The molecule has 0 unspecified atom stereocenters. The second kappa shape index (κ2) is 6.08. The second-order valence-electron chi connectivity index (χ2n) is 5.56. The fourth-order valence-electron chi connectivity index (χ4n) is 3.04. The van der Waals surface area contributed by atoms with Gasteiger partial charge in [0.2, 0.25) is 5.88 Å². The summed E-state index contributed by atoms with van der Waals surface area (Å²) in [5, 5.41) is -0.426. The van der Waals surface area contributed by atoms with E-state index < -0.39 is 15.1 Å². The molecule has 2 aromatic rings. The maximum Gasteiger partial charge on any atom is 0.213 e. The zero-order valence-electron chi connectivity index (χ0n) is 12.5. The molecule has 116 valence electrons. The van der Waals surface area contributed by atoms with Gasteiger partial charge in [0.1, 0.15) is 0 Å². The van der Waals surface area contributed by atoms with Crippen molar-refractivity contribution < 1.29 is 13.2 Å². The van der Waals surface area contributed by atoms with E-state index in [1.807, 2.05) is 24.3 Å². The molecule has 0 saturated heterocycles. The highest BCUT2D eigenvalue weighted by Gasteiger charge is 2.31. The van der Waals surface area contributed by atoms with Crippen LogP contribution in [0.1, 0.15) is 34.9 Å². The van der Waals surface area contributed by atoms with E-state index in [1.54, 1.807) is 18.2 Å². The van der Waals surface area contributed by atoms with E-state index in [0.29, 0.717) is 18.0 Å². The van der Waals surface area contributed by atoms with Crippen LogP contribution in [0.15, 0.2) is 42.5 Å².